The number of nitrogens with one attached hydrogen (secondary N) is 1. The van der Waals surface area contributed by atoms with Crippen molar-refractivity contribution in [3.05, 3.63) is 47.1 Å². The minimum atomic E-state index is -0.598. The van der Waals surface area contributed by atoms with Crippen LogP contribution < -0.4 is 5.32 Å². The Hall–Kier alpha value is -1.82. The molecule has 1 aromatic heterocycles. The predicted molar refractivity (Wildman–Crippen MR) is 63.5 cm³/mol. The minimum Gasteiger partial charge on any atom is -0.339 e. The summed E-state index contributed by atoms with van der Waals surface area (Å²) in [6.07, 6.45) is 1.01. The number of benzene rings is 1. The molecule has 4 nitrogen and oxygen atoms in total. The van der Waals surface area contributed by atoms with Crippen molar-refractivity contribution in [2.24, 2.45) is 5.92 Å². The Morgan fingerprint density at radius 3 is 2.58 bits per heavy atom. The Labute approximate surface area is 108 Å². The Bertz CT molecular complexity index is 561. The third-order valence-electron chi connectivity index (χ3n) is 3.12. The molecule has 0 bridgehead atoms. The lowest BCUT2D eigenvalue weighted by Crippen LogP contribution is -2.43. The number of rotatable bonds is 4. The first-order valence-corrected chi connectivity index (χ1v) is 6.16. The summed E-state index contributed by atoms with van der Waals surface area (Å²) >= 11 is 0. The van der Waals surface area contributed by atoms with Crippen LogP contribution in [0.5, 0.6) is 0 Å². The SMILES string of the molecule is Fc1cc(F)cc(Cc2noc(CC3CNC3)n2)c1. The molecule has 1 saturated heterocycles. The van der Waals surface area contributed by atoms with E-state index in [2.05, 4.69) is 15.5 Å². The van der Waals surface area contributed by atoms with Gasteiger partial charge in [0.25, 0.3) is 0 Å². The lowest BCUT2D eigenvalue weighted by atomic mass is 10.00. The Morgan fingerprint density at radius 1 is 1.21 bits per heavy atom. The molecule has 100 valence electrons. The molecule has 1 aromatic carbocycles. The Morgan fingerprint density at radius 2 is 1.95 bits per heavy atom. The van der Waals surface area contributed by atoms with E-state index in [4.69, 9.17) is 4.52 Å². The van der Waals surface area contributed by atoms with Crippen LogP contribution in [0, 0.1) is 17.6 Å². The molecule has 1 N–H and O–H groups in total. The Balaban J connectivity index is 1.68. The molecule has 0 aliphatic carbocycles. The molecule has 19 heavy (non-hydrogen) atoms. The maximum atomic E-state index is 13.1. The largest absolute Gasteiger partial charge is 0.339 e. The van der Waals surface area contributed by atoms with Crippen LogP contribution in [0.3, 0.4) is 0 Å². The molecule has 6 heteroatoms. The van der Waals surface area contributed by atoms with Crippen LogP contribution in [0.15, 0.2) is 22.7 Å². The third-order valence-corrected chi connectivity index (χ3v) is 3.12. The molecular formula is C13H13F2N3O. The number of nitrogens with zero attached hydrogens (tertiary/aromatic N) is 2. The standard InChI is InChI=1S/C13H13F2N3O/c14-10-1-8(2-11(15)5-10)3-12-17-13(19-18-12)4-9-6-16-7-9/h1-2,5,9,16H,3-4,6-7H2. The monoisotopic (exact) mass is 265 g/mol. The fourth-order valence-electron chi connectivity index (χ4n) is 2.08. The van der Waals surface area contributed by atoms with Crippen molar-refractivity contribution in [2.75, 3.05) is 13.1 Å². The average Bonchev–Trinajstić information content (AvgIpc) is 2.70. The van der Waals surface area contributed by atoms with Gasteiger partial charge in [0.2, 0.25) is 5.89 Å². The van der Waals surface area contributed by atoms with Gasteiger partial charge in [0.15, 0.2) is 5.82 Å². The smallest absolute Gasteiger partial charge is 0.227 e. The van der Waals surface area contributed by atoms with Crippen molar-refractivity contribution in [1.29, 1.82) is 0 Å². The van der Waals surface area contributed by atoms with Crippen LogP contribution in [0.2, 0.25) is 0 Å². The van der Waals surface area contributed by atoms with Gasteiger partial charge in [-0.2, -0.15) is 4.98 Å². The van der Waals surface area contributed by atoms with E-state index >= 15 is 0 Å². The van der Waals surface area contributed by atoms with Crippen LogP contribution >= 0.6 is 0 Å². The van der Waals surface area contributed by atoms with Gasteiger partial charge in [-0.3, -0.25) is 0 Å². The van der Waals surface area contributed by atoms with Crippen molar-refractivity contribution in [2.45, 2.75) is 12.8 Å². The van der Waals surface area contributed by atoms with E-state index in [-0.39, 0.29) is 6.42 Å². The lowest BCUT2D eigenvalue weighted by molar-refractivity contribution is 0.295. The second-order valence-electron chi connectivity index (χ2n) is 4.79. The van der Waals surface area contributed by atoms with E-state index in [9.17, 15) is 8.78 Å². The average molecular weight is 265 g/mol. The summed E-state index contributed by atoms with van der Waals surface area (Å²) in [6, 6.07) is 3.39. The molecule has 1 aliphatic rings. The fourth-order valence-corrected chi connectivity index (χ4v) is 2.08. The number of hydrogen-bond donors (Lipinski definition) is 1. The van der Waals surface area contributed by atoms with Crippen LogP contribution in [-0.2, 0) is 12.8 Å². The molecule has 1 fully saturated rings. The van der Waals surface area contributed by atoms with Crippen molar-refractivity contribution in [3.8, 4) is 0 Å². The predicted octanol–water partition coefficient (Wildman–Crippen LogP) is 1.70. The molecule has 0 radical (unpaired) electrons. The van der Waals surface area contributed by atoms with E-state index in [0.717, 1.165) is 25.6 Å². The molecule has 2 aromatic rings. The first-order chi connectivity index (χ1) is 9.19. The summed E-state index contributed by atoms with van der Waals surface area (Å²) in [5, 5.41) is 7.00. The summed E-state index contributed by atoms with van der Waals surface area (Å²) in [4.78, 5) is 4.24. The second kappa shape index (κ2) is 5.05. The molecule has 2 heterocycles. The van der Waals surface area contributed by atoms with Crippen molar-refractivity contribution in [3.63, 3.8) is 0 Å². The first kappa shape index (κ1) is 12.2. The minimum absolute atomic E-state index is 0.265. The zero-order chi connectivity index (χ0) is 13.2. The van der Waals surface area contributed by atoms with E-state index in [0.29, 0.717) is 23.2 Å². The molecule has 3 rings (SSSR count). The highest BCUT2D eigenvalue weighted by molar-refractivity contribution is 5.21. The third kappa shape index (κ3) is 2.96. The molecule has 0 unspecified atom stereocenters. The molecule has 0 spiro atoms. The van der Waals surface area contributed by atoms with Crippen LogP contribution in [0.4, 0.5) is 8.78 Å². The molecule has 0 atom stereocenters. The normalized spacial score (nSPS) is 15.5. The summed E-state index contributed by atoms with van der Waals surface area (Å²) in [7, 11) is 0. The molecule has 1 aliphatic heterocycles. The van der Waals surface area contributed by atoms with Crippen molar-refractivity contribution in [1.82, 2.24) is 15.5 Å². The van der Waals surface area contributed by atoms with Gasteiger partial charge in [-0.1, -0.05) is 5.16 Å². The van der Waals surface area contributed by atoms with Gasteiger partial charge >= 0.3 is 0 Å². The molecule has 0 amide bonds. The highest BCUT2D eigenvalue weighted by atomic mass is 19.1. The summed E-state index contributed by atoms with van der Waals surface area (Å²) in [6.45, 7) is 1.93. The number of aromatic nitrogens is 2. The number of halogens is 2. The second-order valence-corrected chi connectivity index (χ2v) is 4.79. The van der Waals surface area contributed by atoms with Gasteiger partial charge in [-0.25, -0.2) is 8.78 Å². The van der Waals surface area contributed by atoms with Gasteiger partial charge in [-0.15, -0.1) is 0 Å². The van der Waals surface area contributed by atoms with E-state index in [1.165, 1.54) is 12.1 Å². The zero-order valence-electron chi connectivity index (χ0n) is 10.2. The van der Waals surface area contributed by atoms with E-state index < -0.39 is 11.6 Å². The summed E-state index contributed by atoms with van der Waals surface area (Å²) in [5.41, 5.74) is 0.496. The van der Waals surface area contributed by atoms with Crippen molar-refractivity contribution >= 4 is 0 Å². The maximum absolute atomic E-state index is 13.1. The number of hydrogen-bond acceptors (Lipinski definition) is 4. The van der Waals surface area contributed by atoms with Crippen LogP contribution in [0.25, 0.3) is 0 Å². The van der Waals surface area contributed by atoms with Gasteiger partial charge in [0.1, 0.15) is 11.6 Å². The van der Waals surface area contributed by atoms with E-state index in [1.807, 2.05) is 0 Å². The highest BCUT2D eigenvalue weighted by Gasteiger charge is 2.20. The maximum Gasteiger partial charge on any atom is 0.227 e. The van der Waals surface area contributed by atoms with E-state index in [1.54, 1.807) is 0 Å². The lowest BCUT2D eigenvalue weighted by Gasteiger charge is -2.25. The fraction of sp³-hybridized carbons (Fsp3) is 0.385. The molecular weight excluding hydrogens is 252 g/mol. The van der Waals surface area contributed by atoms with Crippen molar-refractivity contribution < 1.29 is 13.3 Å². The first-order valence-electron chi connectivity index (χ1n) is 6.16. The van der Waals surface area contributed by atoms with Gasteiger partial charge in [-0.05, 0) is 36.7 Å². The molecule has 0 saturated carbocycles. The van der Waals surface area contributed by atoms with Crippen LogP contribution in [0.1, 0.15) is 17.3 Å². The summed E-state index contributed by atoms with van der Waals surface area (Å²) < 4.78 is 31.2. The van der Waals surface area contributed by atoms with Gasteiger partial charge in [0.05, 0.1) is 0 Å². The quantitative estimate of drug-likeness (QED) is 0.914. The van der Waals surface area contributed by atoms with Gasteiger partial charge < -0.3 is 9.84 Å². The highest BCUT2D eigenvalue weighted by Crippen LogP contribution is 2.14. The zero-order valence-corrected chi connectivity index (χ0v) is 10.2. The Kier molecular flexibility index (Phi) is 3.25. The van der Waals surface area contributed by atoms with Gasteiger partial charge in [0, 0.05) is 18.9 Å². The van der Waals surface area contributed by atoms with Crippen LogP contribution in [-0.4, -0.2) is 23.2 Å². The topological polar surface area (TPSA) is 51.0 Å². The summed E-state index contributed by atoms with van der Waals surface area (Å²) in [5.74, 6) is 0.379.